The summed E-state index contributed by atoms with van der Waals surface area (Å²) in [5.41, 5.74) is 0. The van der Waals surface area contributed by atoms with Gasteiger partial charge < -0.3 is 4.74 Å². The van der Waals surface area contributed by atoms with E-state index in [1.807, 2.05) is 0 Å². The van der Waals surface area contributed by atoms with Gasteiger partial charge in [-0.1, -0.05) is 6.58 Å². The first-order chi connectivity index (χ1) is 4.81. The quantitative estimate of drug-likeness (QED) is 0.436. The molecule has 0 radical (unpaired) electrons. The minimum Gasteiger partial charge on any atom is -0.502 e. The van der Waals surface area contributed by atoms with Crippen LogP contribution in [0, 0.1) is 0 Å². The molecule has 0 heterocycles. The van der Waals surface area contributed by atoms with Crippen LogP contribution in [0.1, 0.15) is 12.8 Å². The minimum atomic E-state index is -0.868. The summed E-state index contributed by atoms with van der Waals surface area (Å²) in [5, 5.41) is 0. The lowest BCUT2D eigenvalue weighted by atomic mass is 10.3. The maximum atomic E-state index is 11.0. The second-order valence-electron chi connectivity index (χ2n) is 1.59. The van der Waals surface area contributed by atoms with Gasteiger partial charge in [0.2, 0.25) is 0 Å². The first-order valence-corrected chi connectivity index (χ1v) is 2.85. The molecule has 0 aromatic heterocycles. The molecular weight excluding hydrogens is 139 g/mol. The van der Waals surface area contributed by atoms with Gasteiger partial charge in [0.15, 0.2) is 0 Å². The van der Waals surface area contributed by atoms with Crippen LogP contribution in [0.4, 0.5) is 4.53 Å². The molecule has 0 aromatic rings. The van der Waals surface area contributed by atoms with Crippen molar-refractivity contribution in [1.29, 1.82) is 0 Å². The molecule has 0 aromatic carbocycles. The predicted molar refractivity (Wildman–Crippen MR) is 32.6 cm³/mol. The number of rotatable bonds is 5. The molecule has 0 bridgehead atoms. The Morgan fingerprint density at radius 2 is 2.40 bits per heavy atom. The zero-order chi connectivity index (χ0) is 7.82. The summed E-state index contributed by atoms with van der Waals surface area (Å²) in [6, 6.07) is 0. The van der Waals surface area contributed by atoms with E-state index in [2.05, 4.69) is 16.3 Å². The third kappa shape index (κ3) is 5.08. The highest BCUT2D eigenvalue weighted by atomic mass is 19.3. The van der Waals surface area contributed by atoms with Crippen molar-refractivity contribution in [3.63, 3.8) is 0 Å². The first kappa shape index (κ1) is 8.94. The van der Waals surface area contributed by atoms with Gasteiger partial charge in [0.05, 0.1) is 19.3 Å². The van der Waals surface area contributed by atoms with Gasteiger partial charge in [-0.3, -0.25) is 4.94 Å². The topological polar surface area (TPSA) is 35.5 Å². The highest BCUT2D eigenvalue weighted by Gasteiger charge is 2.00. The summed E-state index contributed by atoms with van der Waals surface area (Å²) in [4.78, 5) is 13.0. The predicted octanol–water partition coefficient (Wildman–Crippen LogP) is 1.35. The first-order valence-electron chi connectivity index (χ1n) is 2.85. The molecule has 0 unspecified atom stereocenters. The van der Waals surface area contributed by atoms with Gasteiger partial charge in [-0.05, 0) is 6.42 Å². The van der Waals surface area contributed by atoms with Gasteiger partial charge >= 0.3 is 5.97 Å². The van der Waals surface area contributed by atoms with Crippen LogP contribution in [0.25, 0.3) is 0 Å². The van der Waals surface area contributed by atoms with Crippen molar-refractivity contribution in [2.75, 3.05) is 6.61 Å². The number of hydrogen-bond acceptors (Lipinski definition) is 3. The molecule has 0 N–H and O–H groups in total. The fraction of sp³-hybridized carbons (Fsp3) is 0.500. The van der Waals surface area contributed by atoms with Crippen molar-refractivity contribution in [2.45, 2.75) is 12.8 Å². The van der Waals surface area contributed by atoms with E-state index in [4.69, 9.17) is 0 Å². The lowest BCUT2D eigenvalue weighted by molar-refractivity contribution is -0.183. The van der Waals surface area contributed by atoms with Crippen molar-refractivity contribution in [2.24, 2.45) is 0 Å². The van der Waals surface area contributed by atoms with Crippen LogP contribution < -0.4 is 0 Å². The van der Waals surface area contributed by atoms with E-state index < -0.39 is 5.97 Å². The molecule has 0 amide bonds. The van der Waals surface area contributed by atoms with E-state index in [-0.39, 0.29) is 6.42 Å². The molecule has 0 aliphatic rings. The Hall–Kier alpha value is -1.06. The lowest BCUT2D eigenvalue weighted by Gasteiger charge is -1.96. The van der Waals surface area contributed by atoms with Crippen molar-refractivity contribution in [3.8, 4) is 0 Å². The normalized spacial score (nSPS) is 8.50. The molecule has 4 heteroatoms. The molecule has 0 aliphatic carbocycles. The highest BCUT2D eigenvalue weighted by Crippen LogP contribution is 1.93. The highest BCUT2D eigenvalue weighted by molar-refractivity contribution is 5.68. The Bertz CT molecular complexity index is 114. The summed E-state index contributed by atoms with van der Waals surface area (Å²) in [6.07, 6.45) is 1.74. The van der Waals surface area contributed by atoms with Gasteiger partial charge in [-0.2, -0.15) is 0 Å². The molecule has 0 saturated heterocycles. The molecule has 0 aliphatic heterocycles. The number of ether oxygens (including phenoxy) is 1. The van der Waals surface area contributed by atoms with Gasteiger partial charge in [0.25, 0.3) is 0 Å². The van der Waals surface area contributed by atoms with Gasteiger partial charge in [-0.25, -0.2) is 4.79 Å². The lowest BCUT2D eigenvalue weighted by Crippen LogP contribution is -1.99. The Labute approximate surface area is 58.3 Å². The van der Waals surface area contributed by atoms with Crippen LogP contribution in [0.15, 0.2) is 12.8 Å². The molecule has 0 fully saturated rings. The summed E-state index contributed by atoms with van der Waals surface area (Å²) in [5.74, 6) is -0.868. The van der Waals surface area contributed by atoms with E-state index in [0.717, 1.165) is 0 Å². The fourth-order valence-corrected chi connectivity index (χ4v) is 0.422. The van der Waals surface area contributed by atoms with Crippen LogP contribution >= 0.6 is 0 Å². The van der Waals surface area contributed by atoms with Crippen molar-refractivity contribution in [1.82, 2.24) is 0 Å². The maximum Gasteiger partial charge on any atom is 0.348 e. The van der Waals surface area contributed by atoms with Crippen LogP contribution in [0.2, 0.25) is 0 Å². The van der Waals surface area contributed by atoms with E-state index >= 15 is 0 Å². The van der Waals surface area contributed by atoms with Gasteiger partial charge in [0, 0.05) is 4.53 Å². The minimum absolute atomic E-state index is 0.0321. The van der Waals surface area contributed by atoms with Crippen LogP contribution in [0.5, 0.6) is 0 Å². The van der Waals surface area contributed by atoms with Gasteiger partial charge in [0.1, 0.15) is 0 Å². The molecule has 3 nitrogen and oxygen atoms in total. The maximum absolute atomic E-state index is 11.0. The van der Waals surface area contributed by atoms with Gasteiger partial charge in [-0.15, -0.1) is 0 Å². The number of hydrogen-bond donors (Lipinski definition) is 0. The second-order valence-corrected chi connectivity index (χ2v) is 1.59. The Kier molecular flexibility index (Phi) is 5.42. The molecule has 58 valence electrons. The molecular formula is C6H9FO3. The molecule has 10 heavy (non-hydrogen) atoms. The largest absolute Gasteiger partial charge is 0.502 e. The second kappa shape index (κ2) is 6.07. The van der Waals surface area contributed by atoms with Crippen molar-refractivity contribution in [3.05, 3.63) is 12.8 Å². The van der Waals surface area contributed by atoms with E-state index in [9.17, 15) is 9.32 Å². The Morgan fingerprint density at radius 3 is 2.90 bits per heavy atom. The molecule has 0 spiro atoms. The number of carbonyl (C=O) groups is 1. The molecule has 0 saturated carbocycles. The summed E-state index contributed by atoms with van der Waals surface area (Å²) < 4.78 is 15.6. The standard InChI is InChI=1S/C6H9FO3/c1-2-9-5-3-4-6(8)10-7/h2H,1,3-5H2. The van der Waals surface area contributed by atoms with Crippen LogP contribution in [0.3, 0.4) is 0 Å². The molecule has 0 atom stereocenters. The third-order valence-corrected chi connectivity index (χ3v) is 0.847. The zero-order valence-electron chi connectivity index (χ0n) is 5.51. The van der Waals surface area contributed by atoms with Crippen LogP contribution in [-0.2, 0) is 14.5 Å². The summed E-state index contributed by atoms with van der Waals surface area (Å²) in [7, 11) is 0. The smallest absolute Gasteiger partial charge is 0.348 e. The SMILES string of the molecule is C=COCCCC(=O)OF. The number of carbonyl (C=O) groups excluding carboxylic acids is 1. The van der Waals surface area contributed by atoms with Crippen molar-refractivity contribution < 1.29 is 19.0 Å². The van der Waals surface area contributed by atoms with Crippen LogP contribution in [-0.4, -0.2) is 12.6 Å². The monoisotopic (exact) mass is 148 g/mol. The summed E-state index contributed by atoms with van der Waals surface area (Å²) in [6.45, 7) is 3.64. The molecule has 0 rings (SSSR count). The third-order valence-electron chi connectivity index (χ3n) is 0.847. The fourth-order valence-electron chi connectivity index (χ4n) is 0.422. The van der Waals surface area contributed by atoms with Crippen molar-refractivity contribution >= 4 is 5.97 Å². The summed E-state index contributed by atoms with van der Waals surface area (Å²) >= 11 is 0. The van der Waals surface area contributed by atoms with E-state index in [1.165, 1.54) is 6.26 Å². The van der Waals surface area contributed by atoms with E-state index in [1.54, 1.807) is 0 Å². The average molecular weight is 148 g/mol. The Morgan fingerprint density at radius 1 is 1.70 bits per heavy atom. The number of halogens is 1. The Balaban J connectivity index is 3.03. The average Bonchev–Trinajstić information content (AvgIpc) is 1.98. The van der Waals surface area contributed by atoms with E-state index in [0.29, 0.717) is 13.0 Å². The zero-order valence-corrected chi connectivity index (χ0v) is 5.51.